The zero-order chi connectivity index (χ0) is 15.5. The van der Waals surface area contributed by atoms with Crippen molar-refractivity contribution in [3.8, 4) is 0 Å². The number of rotatable bonds is 4. The van der Waals surface area contributed by atoms with Crippen molar-refractivity contribution in [2.75, 3.05) is 11.1 Å². The summed E-state index contributed by atoms with van der Waals surface area (Å²) in [5, 5.41) is 10.6. The molecular formula is C16H21N3O2S. The van der Waals surface area contributed by atoms with Gasteiger partial charge in [0.1, 0.15) is 0 Å². The van der Waals surface area contributed by atoms with Gasteiger partial charge in [-0.05, 0) is 60.8 Å². The molecule has 0 heterocycles. The number of benzene rings is 1. The van der Waals surface area contributed by atoms with Crippen LogP contribution in [0.3, 0.4) is 0 Å². The predicted molar refractivity (Wildman–Crippen MR) is 88.9 cm³/mol. The van der Waals surface area contributed by atoms with Crippen LogP contribution in [0.2, 0.25) is 0 Å². The van der Waals surface area contributed by atoms with E-state index < -0.39 is 6.03 Å². The van der Waals surface area contributed by atoms with Gasteiger partial charge in [0.25, 0.3) is 0 Å². The van der Waals surface area contributed by atoms with Crippen molar-refractivity contribution >= 4 is 29.6 Å². The molecule has 2 aliphatic carbocycles. The molecule has 0 aliphatic heterocycles. The molecule has 0 saturated carbocycles. The van der Waals surface area contributed by atoms with Gasteiger partial charge in [-0.25, -0.2) is 4.79 Å². The maximum absolute atomic E-state index is 12.1. The molecule has 0 radical (unpaired) electrons. The second kappa shape index (κ2) is 6.71. The van der Waals surface area contributed by atoms with E-state index in [-0.39, 0.29) is 12.3 Å². The molecule has 1 aromatic rings. The molecule has 118 valence electrons. The van der Waals surface area contributed by atoms with Crippen molar-refractivity contribution in [1.82, 2.24) is 5.32 Å². The van der Waals surface area contributed by atoms with Gasteiger partial charge in [0.2, 0.25) is 5.91 Å². The minimum Gasteiger partial charge on any atom is -0.307 e. The SMILES string of the molecule is NSCCC(=O)NC(=O)Nc1c2c(cc3c1CCC3)CCC2. The van der Waals surface area contributed by atoms with Crippen molar-refractivity contribution in [2.45, 2.75) is 44.9 Å². The summed E-state index contributed by atoms with van der Waals surface area (Å²) in [6.45, 7) is 0. The molecule has 0 unspecified atom stereocenters. The van der Waals surface area contributed by atoms with Gasteiger partial charge in [0.05, 0.1) is 0 Å². The van der Waals surface area contributed by atoms with E-state index in [1.54, 1.807) is 0 Å². The van der Waals surface area contributed by atoms with Crippen LogP contribution < -0.4 is 15.8 Å². The van der Waals surface area contributed by atoms with Gasteiger partial charge in [0.15, 0.2) is 0 Å². The van der Waals surface area contributed by atoms with E-state index in [4.69, 9.17) is 5.14 Å². The Morgan fingerprint density at radius 3 is 2.32 bits per heavy atom. The number of hydrogen-bond acceptors (Lipinski definition) is 4. The lowest BCUT2D eigenvalue weighted by Crippen LogP contribution is -2.35. The number of carbonyl (C=O) groups is 2. The van der Waals surface area contributed by atoms with Crippen molar-refractivity contribution in [2.24, 2.45) is 5.14 Å². The number of aryl methyl sites for hydroxylation is 2. The number of urea groups is 1. The highest BCUT2D eigenvalue weighted by Crippen LogP contribution is 2.38. The first-order valence-corrected chi connectivity index (χ1v) is 8.83. The lowest BCUT2D eigenvalue weighted by molar-refractivity contribution is -0.119. The molecule has 3 amide bonds. The Kier molecular flexibility index (Phi) is 4.69. The maximum atomic E-state index is 12.1. The molecule has 0 saturated heterocycles. The number of amides is 3. The van der Waals surface area contributed by atoms with Crippen LogP contribution in [-0.2, 0) is 30.5 Å². The summed E-state index contributed by atoms with van der Waals surface area (Å²) in [5.41, 5.74) is 6.21. The fraction of sp³-hybridized carbons (Fsp3) is 0.500. The first-order valence-electron chi connectivity index (χ1n) is 7.78. The molecule has 1 aromatic carbocycles. The Labute approximate surface area is 134 Å². The van der Waals surface area contributed by atoms with Crippen LogP contribution in [0.5, 0.6) is 0 Å². The Morgan fingerprint density at radius 2 is 1.73 bits per heavy atom. The quantitative estimate of drug-likeness (QED) is 0.744. The third-order valence-corrected chi connectivity index (χ3v) is 4.85. The largest absolute Gasteiger partial charge is 0.325 e. The summed E-state index contributed by atoms with van der Waals surface area (Å²) < 4.78 is 0. The van der Waals surface area contributed by atoms with E-state index in [1.807, 2.05) is 0 Å². The number of fused-ring (bicyclic) bond motifs is 2. The summed E-state index contributed by atoms with van der Waals surface area (Å²) in [6.07, 6.45) is 6.73. The van der Waals surface area contributed by atoms with E-state index >= 15 is 0 Å². The van der Waals surface area contributed by atoms with E-state index in [2.05, 4.69) is 16.7 Å². The van der Waals surface area contributed by atoms with Crippen LogP contribution in [-0.4, -0.2) is 17.7 Å². The summed E-state index contributed by atoms with van der Waals surface area (Å²) in [4.78, 5) is 23.7. The third kappa shape index (κ3) is 3.13. The first-order chi connectivity index (χ1) is 10.7. The average molecular weight is 319 g/mol. The second-order valence-corrected chi connectivity index (χ2v) is 6.60. The minimum atomic E-state index is -0.429. The molecule has 3 rings (SSSR count). The predicted octanol–water partition coefficient (Wildman–Crippen LogP) is 2.31. The van der Waals surface area contributed by atoms with Crippen LogP contribution in [0, 0.1) is 0 Å². The molecule has 0 atom stereocenters. The van der Waals surface area contributed by atoms with Gasteiger partial charge in [-0.3, -0.25) is 15.3 Å². The Morgan fingerprint density at radius 1 is 1.09 bits per heavy atom. The van der Waals surface area contributed by atoms with Gasteiger partial charge >= 0.3 is 6.03 Å². The van der Waals surface area contributed by atoms with Crippen LogP contribution >= 0.6 is 11.9 Å². The molecular weight excluding hydrogens is 298 g/mol. The smallest absolute Gasteiger partial charge is 0.307 e. The monoisotopic (exact) mass is 319 g/mol. The summed E-state index contributed by atoms with van der Waals surface area (Å²) in [5.74, 6) is 0.217. The zero-order valence-corrected chi connectivity index (χ0v) is 13.4. The molecule has 0 bridgehead atoms. The highest BCUT2D eigenvalue weighted by Gasteiger charge is 2.25. The molecule has 5 nitrogen and oxygen atoms in total. The summed E-state index contributed by atoms with van der Waals surface area (Å²) >= 11 is 1.10. The number of nitrogens with one attached hydrogen (secondary N) is 2. The number of nitrogens with two attached hydrogens (primary N) is 1. The summed E-state index contributed by atoms with van der Waals surface area (Å²) in [7, 11) is 0. The molecule has 6 heteroatoms. The Hall–Kier alpha value is -1.53. The highest BCUT2D eigenvalue weighted by atomic mass is 32.2. The lowest BCUT2D eigenvalue weighted by atomic mass is 9.99. The highest BCUT2D eigenvalue weighted by molar-refractivity contribution is 7.97. The van der Waals surface area contributed by atoms with E-state index in [1.165, 1.54) is 22.3 Å². The normalized spacial score (nSPS) is 15.3. The average Bonchev–Trinajstić information content (AvgIpc) is 3.13. The fourth-order valence-corrected chi connectivity index (χ4v) is 3.76. The van der Waals surface area contributed by atoms with Crippen LogP contribution in [0.1, 0.15) is 41.5 Å². The molecule has 2 aliphatic rings. The van der Waals surface area contributed by atoms with Gasteiger partial charge in [-0.15, -0.1) is 0 Å². The van der Waals surface area contributed by atoms with Crippen molar-refractivity contribution < 1.29 is 9.59 Å². The molecule has 4 N–H and O–H groups in total. The number of imide groups is 1. The molecule has 0 fully saturated rings. The number of carbonyl (C=O) groups excluding carboxylic acids is 2. The summed E-state index contributed by atoms with van der Waals surface area (Å²) in [6, 6.07) is 1.89. The molecule has 0 aromatic heterocycles. The van der Waals surface area contributed by atoms with Crippen molar-refractivity contribution in [3.63, 3.8) is 0 Å². The van der Waals surface area contributed by atoms with Crippen LogP contribution in [0.4, 0.5) is 10.5 Å². The zero-order valence-electron chi connectivity index (χ0n) is 12.5. The van der Waals surface area contributed by atoms with Crippen molar-refractivity contribution in [3.05, 3.63) is 28.3 Å². The maximum Gasteiger partial charge on any atom is 0.325 e. The first kappa shape index (κ1) is 15.4. The lowest BCUT2D eigenvalue weighted by Gasteiger charge is -2.16. The molecule has 22 heavy (non-hydrogen) atoms. The van der Waals surface area contributed by atoms with E-state index in [9.17, 15) is 9.59 Å². The Balaban J connectivity index is 1.75. The standard InChI is InChI=1S/C16H21N3O2S/c17-22-8-7-14(20)18-16(21)19-15-12-5-1-3-10(12)9-11-4-2-6-13(11)15/h9H,1-8,17H2,(H2,18,19,20,21). The number of hydrogen-bond donors (Lipinski definition) is 3. The van der Waals surface area contributed by atoms with Crippen LogP contribution in [0.15, 0.2) is 6.07 Å². The fourth-order valence-electron chi connectivity index (χ4n) is 3.45. The van der Waals surface area contributed by atoms with Crippen molar-refractivity contribution in [1.29, 1.82) is 0 Å². The minimum absolute atomic E-state index is 0.250. The third-order valence-electron chi connectivity index (χ3n) is 4.41. The number of anilines is 1. The van der Waals surface area contributed by atoms with Gasteiger partial charge < -0.3 is 5.32 Å². The molecule has 0 spiro atoms. The van der Waals surface area contributed by atoms with E-state index in [0.29, 0.717) is 5.75 Å². The van der Waals surface area contributed by atoms with Gasteiger partial charge in [-0.2, -0.15) is 0 Å². The topological polar surface area (TPSA) is 84.2 Å². The van der Waals surface area contributed by atoms with Gasteiger partial charge in [0, 0.05) is 17.9 Å². The van der Waals surface area contributed by atoms with Gasteiger partial charge in [-0.1, -0.05) is 18.0 Å². The van der Waals surface area contributed by atoms with E-state index in [0.717, 1.165) is 56.2 Å². The Bertz CT molecular complexity index is 584. The second-order valence-electron chi connectivity index (χ2n) is 5.86. The van der Waals surface area contributed by atoms with Crippen LogP contribution in [0.25, 0.3) is 0 Å².